The van der Waals surface area contributed by atoms with Crippen molar-refractivity contribution in [1.82, 2.24) is 10.2 Å². The fourth-order valence-corrected chi connectivity index (χ4v) is 2.93. The van der Waals surface area contributed by atoms with Crippen LogP contribution in [0.25, 0.3) is 0 Å². The Labute approximate surface area is 117 Å². The van der Waals surface area contributed by atoms with Gasteiger partial charge in [0.15, 0.2) is 0 Å². The molecule has 0 atom stereocenters. The number of nitrogens with zero attached hydrogens (tertiary/aromatic N) is 1. The Morgan fingerprint density at radius 1 is 1.29 bits per heavy atom. The molecule has 1 heterocycles. The molecule has 0 amide bonds. The van der Waals surface area contributed by atoms with E-state index in [0.717, 1.165) is 6.20 Å². The maximum atomic E-state index is 13.0. The van der Waals surface area contributed by atoms with Crippen LogP contribution >= 0.6 is 0 Å². The van der Waals surface area contributed by atoms with Crippen LogP contribution in [0.2, 0.25) is 0 Å². The fraction of sp³-hybridized carbons (Fsp3) is 0.182. The van der Waals surface area contributed by atoms with Crippen molar-refractivity contribution < 1.29 is 26.0 Å². The number of sulfonamides is 1. The van der Waals surface area contributed by atoms with Gasteiger partial charge in [-0.05, 0) is 25.1 Å². The van der Waals surface area contributed by atoms with Crippen molar-refractivity contribution in [2.75, 3.05) is 4.72 Å². The predicted molar refractivity (Wildman–Crippen MR) is 65.5 cm³/mol. The molecule has 0 bridgehead atoms. The van der Waals surface area contributed by atoms with E-state index in [2.05, 4.69) is 10.2 Å². The predicted octanol–water partition coefficient (Wildman–Crippen LogP) is 2.68. The van der Waals surface area contributed by atoms with Crippen LogP contribution in [-0.2, 0) is 16.2 Å². The first kappa shape index (κ1) is 15.3. The van der Waals surface area contributed by atoms with Crippen molar-refractivity contribution in [2.24, 2.45) is 0 Å². The monoisotopic (exact) mass is 323 g/mol. The topological polar surface area (TPSA) is 74.8 Å². The van der Waals surface area contributed by atoms with E-state index in [9.17, 15) is 26.0 Å². The van der Waals surface area contributed by atoms with Gasteiger partial charge >= 0.3 is 6.18 Å². The third kappa shape index (κ3) is 3.15. The van der Waals surface area contributed by atoms with Crippen LogP contribution in [0.15, 0.2) is 29.3 Å². The summed E-state index contributed by atoms with van der Waals surface area (Å²) >= 11 is 0. The molecule has 5 nitrogen and oxygen atoms in total. The Balaban J connectivity index is 2.53. The van der Waals surface area contributed by atoms with Gasteiger partial charge in [-0.2, -0.15) is 18.3 Å². The van der Waals surface area contributed by atoms with E-state index in [-0.39, 0.29) is 11.8 Å². The minimum atomic E-state index is -5.00. The number of nitrogens with one attached hydrogen (secondary N) is 2. The third-order valence-corrected chi connectivity index (χ3v) is 4.03. The van der Waals surface area contributed by atoms with Crippen LogP contribution in [-0.4, -0.2) is 18.6 Å². The van der Waals surface area contributed by atoms with Crippen molar-refractivity contribution in [1.29, 1.82) is 0 Å². The molecule has 0 unspecified atom stereocenters. The zero-order valence-corrected chi connectivity index (χ0v) is 11.3. The number of rotatable bonds is 3. The van der Waals surface area contributed by atoms with Crippen LogP contribution in [0.4, 0.5) is 23.2 Å². The maximum Gasteiger partial charge on any atom is 0.417 e. The maximum absolute atomic E-state index is 13.0. The summed E-state index contributed by atoms with van der Waals surface area (Å²) in [5.74, 6) is -1.18. The Morgan fingerprint density at radius 3 is 2.48 bits per heavy atom. The summed E-state index contributed by atoms with van der Waals surface area (Å²) in [7, 11) is -4.53. The number of anilines is 1. The summed E-state index contributed by atoms with van der Waals surface area (Å²) in [6.45, 7) is 1.49. The second-order valence-corrected chi connectivity index (χ2v) is 5.80. The second kappa shape index (κ2) is 5.02. The lowest BCUT2D eigenvalue weighted by molar-refractivity contribution is -0.140. The van der Waals surface area contributed by atoms with E-state index in [4.69, 9.17) is 0 Å². The van der Waals surface area contributed by atoms with E-state index < -0.39 is 32.5 Å². The van der Waals surface area contributed by atoms with E-state index in [1.165, 1.54) is 6.92 Å². The average molecular weight is 323 g/mol. The number of H-pyrrole nitrogens is 1. The molecule has 1 aromatic heterocycles. The van der Waals surface area contributed by atoms with Gasteiger partial charge < -0.3 is 0 Å². The fourth-order valence-electron chi connectivity index (χ4n) is 1.61. The normalized spacial score (nSPS) is 12.4. The lowest BCUT2D eigenvalue weighted by Crippen LogP contribution is -2.19. The number of aromatic amines is 1. The van der Waals surface area contributed by atoms with Gasteiger partial charge in [0.25, 0.3) is 10.0 Å². The van der Waals surface area contributed by atoms with Crippen LogP contribution < -0.4 is 4.72 Å². The van der Waals surface area contributed by atoms with E-state index in [1.807, 2.05) is 4.72 Å². The Morgan fingerprint density at radius 2 is 1.95 bits per heavy atom. The Hall–Kier alpha value is -2.10. The zero-order chi connectivity index (χ0) is 15.8. The Bertz CT molecular complexity index is 768. The highest BCUT2D eigenvalue weighted by atomic mass is 32.2. The number of aryl methyl sites for hydroxylation is 1. The molecule has 0 aliphatic rings. The lowest BCUT2D eigenvalue weighted by Gasteiger charge is -2.14. The molecule has 0 fully saturated rings. The lowest BCUT2D eigenvalue weighted by atomic mass is 10.2. The van der Waals surface area contributed by atoms with Crippen molar-refractivity contribution in [3.05, 3.63) is 41.5 Å². The first-order valence-corrected chi connectivity index (χ1v) is 6.99. The van der Waals surface area contributed by atoms with E-state index >= 15 is 0 Å². The highest BCUT2D eigenvalue weighted by molar-refractivity contribution is 7.92. The van der Waals surface area contributed by atoms with Gasteiger partial charge in [0.05, 0.1) is 28.0 Å². The van der Waals surface area contributed by atoms with Crippen LogP contribution in [0.1, 0.15) is 11.3 Å². The highest BCUT2D eigenvalue weighted by Gasteiger charge is 2.37. The molecule has 114 valence electrons. The summed E-state index contributed by atoms with van der Waals surface area (Å²) in [6, 6.07) is 1.35. The molecule has 0 saturated heterocycles. The molecule has 0 saturated carbocycles. The molecule has 1 aromatic carbocycles. The molecule has 2 aromatic rings. The summed E-state index contributed by atoms with van der Waals surface area (Å²) in [5, 5.41) is 5.99. The molecule has 10 heteroatoms. The molecular formula is C11H9F4N3O2S. The number of benzene rings is 1. The van der Waals surface area contributed by atoms with E-state index in [1.54, 1.807) is 0 Å². The van der Waals surface area contributed by atoms with Gasteiger partial charge in [0.1, 0.15) is 5.82 Å². The van der Waals surface area contributed by atoms with Gasteiger partial charge in [-0.3, -0.25) is 9.82 Å². The minimum Gasteiger partial charge on any atom is -0.281 e. The summed E-state index contributed by atoms with van der Waals surface area (Å²) in [4.78, 5) is -1.06. The Kier molecular flexibility index (Phi) is 3.66. The smallest absolute Gasteiger partial charge is 0.281 e. The number of hydrogen-bond donors (Lipinski definition) is 2. The highest BCUT2D eigenvalue weighted by Crippen LogP contribution is 2.35. The van der Waals surface area contributed by atoms with E-state index in [0.29, 0.717) is 17.8 Å². The molecule has 0 spiro atoms. The standard InChI is InChI=1S/C11H9F4N3O2S/c1-6-9(5-16-17-6)18-21(19,20)10-3-2-7(12)4-8(10)11(13,14)15/h2-5,18H,1H3,(H,16,17). The summed E-state index contributed by atoms with van der Waals surface area (Å²) in [5.41, 5.74) is -1.24. The van der Waals surface area contributed by atoms with Gasteiger partial charge in [0, 0.05) is 0 Å². The molecule has 2 rings (SSSR count). The first-order chi connectivity index (χ1) is 9.61. The number of hydrogen-bond acceptors (Lipinski definition) is 3. The van der Waals surface area contributed by atoms with Gasteiger partial charge in [0.2, 0.25) is 0 Å². The summed E-state index contributed by atoms with van der Waals surface area (Å²) < 4.78 is 77.6. The average Bonchev–Trinajstić information content (AvgIpc) is 2.73. The van der Waals surface area contributed by atoms with Gasteiger partial charge in [-0.15, -0.1) is 0 Å². The third-order valence-electron chi connectivity index (χ3n) is 2.61. The van der Waals surface area contributed by atoms with Crippen LogP contribution in [0, 0.1) is 12.7 Å². The molecule has 0 radical (unpaired) electrons. The molecule has 21 heavy (non-hydrogen) atoms. The number of aromatic nitrogens is 2. The largest absolute Gasteiger partial charge is 0.417 e. The quantitative estimate of drug-likeness (QED) is 0.853. The van der Waals surface area contributed by atoms with Crippen LogP contribution in [0.3, 0.4) is 0 Å². The zero-order valence-electron chi connectivity index (χ0n) is 10.5. The van der Waals surface area contributed by atoms with Gasteiger partial charge in [-0.25, -0.2) is 12.8 Å². The second-order valence-electron chi connectivity index (χ2n) is 4.15. The molecular weight excluding hydrogens is 314 g/mol. The SMILES string of the molecule is Cc1[nH]ncc1NS(=O)(=O)c1ccc(F)cc1C(F)(F)F. The first-order valence-electron chi connectivity index (χ1n) is 5.51. The van der Waals surface area contributed by atoms with Gasteiger partial charge in [-0.1, -0.05) is 0 Å². The number of alkyl halides is 3. The van der Waals surface area contributed by atoms with Crippen LogP contribution in [0.5, 0.6) is 0 Å². The minimum absolute atomic E-state index is 0.00690. The molecule has 2 N–H and O–H groups in total. The number of halogens is 4. The molecule has 0 aliphatic heterocycles. The van der Waals surface area contributed by atoms with Crippen molar-refractivity contribution >= 4 is 15.7 Å². The molecule has 0 aliphatic carbocycles. The van der Waals surface area contributed by atoms with Crippen molar-refractivity contribution in [3.8, 4) is 0 Å². The van der Waals surface area contributed by atoms with Crippen molar-refractivity contribution in [3.63, 3.8) is 0 Å². The van der Waals surface area contributed by atoms with Crippen molar-refractivity contribution in [2.45, 2.75) is 18.0 Å². The summed E-state index contributed by atoms with van der Waals surface area (Å²) in [6.07, 6.45) is -3.89.